The van der Waals surface area contributed by atoms with Crippen molar-refractivity contribution in [3.8, 4) is 5.75 Å². The lowest BCUT2D eigenvalue weighted by molar-refractivity contribution is -0.130. The van der Waals surface area contributed by atoms with E-state index in [0.29, 0.717) is 45.6 Å². The minimum Gasteiger partial charge on any atom is -0.493 e. The van der Waals surface area contributed by atoms with E-state index in [0.717, 1.165) is 23.3 Å². The number of amides is 1. The van der Waals surface area contributed by atoms with Crippen LogP contribution in [0, 0.1) is 0 Å². The number of ether oxygens (including phenoxy) is 1. The summed E-state index contributed by atoms with van der Waals surface area (Å²) in [6.07, 6.45) is 1.88. The number of rotatable bonds is 4. The van der Waals surface area contributed by atoms with Crippen molar-refractivity contribution in [2.75, 3.05) is 46.9 Å². The molecule has 1 fully saturated rings. The Bertz CT molecular complexity index is 748. The van der Waals surface area contributed by atoms with Gasteiger partial charge in [0, 0.05) is 46.7 Å². The van der Waals surface area contributed by atoms with Gasteiger partial charge in [-0.15, -0.1) is 0 Å². The molecule has 7 nitrogen and oxygen atoms in total. The van der Waals surface area contributed by atoms with E-state index in [9.17, 15) is 13.2 Å². The van der Waals surface area contributed by atoms with Crippen molar-refractivity contribution in [2.24, 2.45) is 0 Å². The molecule has 0 saturated carbocycles. The lowest BCUT2D eigenvalue weighted by Gasteiger charge is -2.24. The highest BCUT2D eigenvalue weighted by Crippen LogP contribution is 2.26. The number of fused-ring (bicyclic) bond motifs is 1. The second-order valence-electron chi connectivity index (χ2n) is 6.64. The Morgan fingerprint density at radius 3 is 2.76 bits per heavy atom. The summed E-state index contributed by atoms with van der Waals surface area (Å²) in [5.74, 6) is 0.957. The Kier molecular flexibility index (Phi) is 5.31. The molecule has 2 heterocycles. The molecule has 1 aromatic rings. The number of carbonyl (C=O) groups is 1. The molecule has 0 radical (unpaired) electrons. The zero-order chi connectivity index (χ0) is 18.0. The van der Waals surface area contributed by atoms with Gasteiger partial charge in [-0.1, -0.05) is 12.1 Å². The maximum atomic E-state index is 12.6. The van der Waals surface area contributed by atoms with E-state index in [-0.39, 0.29) is 5.91 Å². The molecule has 2 aliphatic heterocycles. The van der Waals surface area contributed by atoms with Crippen molar-refractivity contribution in [2.45, 2.75) is 19.3 Å². The van der Waals surface area contributed by atoms with Crippen LogP contribution in [-0.2, 0) is 27.8 Å². The topological polar surface area (TPSA) is 70.2 Å². The average Bonchev–Trinajstić information content (AvgIpc) is 2.88. The summed E-state index contributed by atoms with van der Waals surface area (Å²) in [4.78, 5) is 14.4. The van der Waals surface area contributed by atoms with Crippen LogP contribution in [0.15, 0.2) is 18.2 Å². The van der Waals surface area contributed by atoms with Gasteiger partial charge in [-0.2, -0.15) is 17.0 Å². The van der Waals surface area contributed by atoms with Crippen LogP contribution in [-0.4, -0.2) is 74.7 Å². The Morgan fingerprint density at radius 1 is 1.20 bits per heavy atom. The molecule has 0 bridgehead atoms. The molecule has 0 aromatic heterocycles. The van der Waals surface area contributed by atoms with Crippen molar-refractivity contribution < 1.29 is 17.9 Å². The first-order chi connectivity index (χ1) is 11.9. The highest BCUT2D eigenvalue weighted by Gasteiger charge is 2.28. The van der Waals surface area contributed by atoms with Gasteiger partial charge in [-0.25, -0.2) is 0 Å². The van der Waals surface area contributed by atoms with Gasteiger partial charge < -0.3 is 9.64 Å². The second kappa shape index (κ2) is 7.31. The van der Waals surface area contributed by atoms with Crippen molar-refractivity contribution in [1.82, 2.24) is 13.5 Å². The van der Waals surface area contributed by atoms with E-state index in [1.807, 2.05) is 18.2 Å². The van der Waals surface area contributed by atoms with E-state index in [4.69, 9.17) is 4.74 Å². The van der Waals surface area contributed by atoms with Gasteiger partial charge in [-0.3, -0.25) is 4.79 Å². The lowest BCUT2D eigenvalue weighted by Crippen LogP contribution is -2.42. The van der Waals surface area contributed by atoms with Gasteiger partial charge in [-0.05, 0) is 23.6 Å². The van der Waals surface area contributed by atoms with E-state index >= 15 is 0 Å². The van der Waals surface area contributed by atoms with Crippen LogP contribution < -0.4 is 4.74 Å². The van der Waals surface area contributed by atoms with Crippen LogP contribution >= 0.6 is 0 Å². The van der Waals surface area contributed by atoms with Crippen LogP contribution in [0.3, 0.4) is 0 Å². The minimum atomic E-state index is -3.42. The van der Waals surface area contributed by atoms with Gasteiger partial charge in [0.2, 0.25) is 5.91 Å². The molecule has 0 atom stereocenters. The minimum absolute atomic E-state index is 0.0444. The number of carbonyl (C=O) groups excluding carboxylic acids is 1. The monoisotopic (exact) mass is 367 g/mol. The van der Waals surface area contributed by atoms with Crippen molar-refractivity contribution in [3.05, 3.63) is 29.3 Å². The summed E-state index contributed by atoms with van der Waals surface area (Å²) in [6, 6.07) is 5.91. The summed E-state index contributed by atoms with van der Waals surface area (Å²) >= 11 is 0. The highest BCUT2D eigenvalue weighted by atomic mass is 32.2. The SMILES string of the molecule is CN(C)S(=O)(=O)N1CCCN(C(=O)Cc2ccc3c(c2)CCO3)CC1. The number of hydrogen-bond acceptors (Lipinski definition) is 4. The zero-order valence-electron chi connectivity index (χ0n) is 14.8. The summed E-state index contributed by atoms with van der Waals surface area (Å²) in [5.41, 5.74) is 2.14. The molecule has 0 unspecified atom stereocenters. The lowest BCUT2D eigenvalue weighted by atomic mass is 10.1. The maximum absolute atomic E-state index is 12.6. The van der Waals surface area contributed by atoms with Gasteiger partial charge in [0.15, 0.2) is 0 Å². The normalized spacial score (nSPS) is 18.8. The first-order valence-electron chi connectivity index (χ1n) is 8.58. The maximum Gasteiger partial charge on any atom is 0.281 e. The number of hydrogen-bond donors (Lipinski definition) is 0. The molecule has 3 rings (SSSR count). The van der Waals surface area contributed by atoms with Crippen LogP contribution in [0.5, 0.6) is 5.75 Å². The first-order valence-corrected chi connectivity index (χ1v) is 9.97. The Hall–Kier alpha value is -1.64. The largest absolute Gasteiger partial charge is 0.493 e. The molecular formula is C17H25N3O4S. The van der Waals surface area contributed by atoms with E-state index in [1.54, 1.807) is 4.90 Å². The number of benzene rings is 1. The third-order valence-electron chi connectivity index (χ3n) is 4.70. The molecule has 0 spiro atoms. The Balaban J connectivity index is 1.62. The van der Waals surface area contributed by atoms with Crippen molar-refractivity contribution in [1.29, 1.82) is 0 Å². The highest BCUT2D eigenvalue weighted by molar-refractivity contribution is 7.86. The van der Waals surface area contributed by atoms with E-state index in [2.05, 4.69) is 0 Å². The van der Waals surface area contributed by atoms with Crippen LogP contribution in [0.4, 0.5) is 0 Å². The van der Waals surface area contributed by atoms with Crippen LogP contribution in [0.25, 0.3) is 0 Å². The molecule has 0 N–H and O–H groups in total. The smallest absolute Gasteiger partial charge is 0.281 e. The third-order valence-corrected chi connectivity index (χ3v) is 6.65. The average molecular weight is 367 g/mol. The molecule has 2 aliphatic rings. The predicted molar refractivity (Wildman–Crippen MR) is 94.7 cm³/mol. The summed E-state index contributed by atoms with van der Waals surface area (Å²) in [5, 5.41) is 0. The van der Waals surface area contributed by atoms with Gasteiger partial charge in [0.1, 0.15) is 5.75 Å². The first kappa shape index (κ1) is 18.2. The van der Waals surface area contributed by atoms with Crippen LogP contribution in [0.1, 0.15) is 17.5 Å². The van der Waals surface area contributed by atoms with Crippen molar-refractivity contribution in [3.63, 3.8) is 0 Å². The molecule has 1 amide bonds. The summed E-state index contributed by atoms with van der Waals surface area (Å²) in [7, 11) is -0.366. The standard InChI is InChI=1S/C17H25N3O4S/c1-18(2)25(22,23)20-8-3-7-19(9-10-20)17(21)13-14-4-5-16-15(12-14)6-11-24-16/h4-5,12H,3,6-11,13H2,1-2H3. The molecule has 1 saturated heterocycles. The Morgan fingerprint density at radius 2 is 2.00 bits per heavy atom. The molecular weight excluding hydrogens is 342 g/mol. The number of nitrogens with zero attached hydrogens (tertiary/aromatic N) is 3. The third kappa shape index (κ3) is 3.96. The fraction of sp³-hybridized carbons (Fsp3) is 0.588. The molecule has 138 valence electrons. The molecule has 25 heavy (non-hydrogen) atoms. The van der Waals surface area contributed by atoms with Crippen molar-refractivity contribution >= 4 is 16.1 Å². The predicted octanol–water partition coefficient (Wildman–Crippen LogP) is 0.505. The summed E-state index contributed by atoms with van der Waals surface area (Å²) in [6.45, 7) is 2.51. The Labute approximate surface area is 149 Å². The fourth-order valence-electron chi connectivity index (χ4n) is 3.24. The molecule has 1 aromatic carbocycles. The molecule has 0 aliphatic carbocycles. The second-order valence-corrected chi connectivity index (χ2v) is 8.78. The van der Waals surface area contributed by atoms with Gasteiger partial charge >= 0.3 is 0 Å². The van der Waals surface area contributed by atoms with Crippen LogP contribution in [0.2, 0.25) is 0 Å². The van der Waals surface area contributed by atoms with E-state index < -0.39 is 10.2 Å². The van der Waals surface area contributed by atoms with E-state index in [1.165, 1.54) is 22.7 Å². The quantitative estimate of drug-likeness (QED) is 0.777. The summed E-state index contributed by atoms with van der Waals surface area (Å²) < 4.78 is 32.7. The fourth-order valence-corrected chi connectivity index (χ4v) is 4.38. The zero-order valence-corrected chi connectivity index (χ0v) is 15.6. The van der Waals surface area contributed by atoms with Gasteiger partial charge in [0.05, 0.1) is 13.0 Å². The van der Waals surface area contributed by atoms with Gasteiger partial charge in [0.25, 0.3) is 10.2 Å². The molecule has 8 heteroatoms.